The van der Waals surface area contributed by atoms with E-state index in [1.54, 1.807) is 23.1 Å². The second kappa shape index (κ2) is 9.12. The molecule has 0 bridgehead atoms. The zero-order valence-corrected chi connectivity index (χ0v) is 17.4. The number of carbonyl (C=O) groups excluding carboxylic acids is 1. The molecule has 6 nitrogen and oxygen atoms in total. The van der Waals surface area contributed by atoms with Crippen molar-refractivity contribution in [3.63, 3.8) is 0 Å². The lowest BCUT2D eigenvalue weighted by Gasteiger charge is -2.26. The summed E-state index contributed by atoms with van der Waals surface area (Å²) in [5.74, 6) is 6.20. The molecule has 2 aromatic rings. The number of hydrogen-bond donors (Lipinski definition) is 1. The third kappa shape index (κ3) is 5.17. The lowest BCUT2D eigenvalue weighted by Crippen LogP contribution is -2.35. The van der Waals surface area contributed by atoms with E-state index in [-0.39, 0.29) is 17.3 Å². The highest BCUT2D eigenvalue weighted by Gasteiger charge is 2.20. The summed E-state index contributed by atoms with van der Waals surface area (Å²) in [5.41, 5.74) is 2.45. The van der Waals surface area contributed by atoms with Gasteiger partial charge in [0.1, 0.15) is 10.6 Å². The first-order chi connectivity index (χ1) is 13.9. The van der Waals surface area contributed by atoms with Crippen LogP contribution < -0.4 is 14.4 Å². The average Bonchev–Trinajstić information content (AvgIpc) is 2.72. The van der Waals surface area contributed by atoms with Crippen molar-refractivity contribution in [3.05, 3.63) is 53.6 Å². The number of methoxy groups -OCH3 is 1. The van der Waals surface area contributed by atoms with Crippen LogP contribution in [0.1, 0.15) is 30.4 Å². The Morgan fingerprint density at radius 2 is 1.90 bits per heavy atom. The summed E-state index contributed by atoms with van der Waals surface area (Å²) in [5, 5.41) is 0. The average molecular weight is 413 g/mol. The second-order valence-electron chi connectivity index (χ2n) is 6.83. The number of rotatable bonds is 5. The molecule has 2 aromatic carbocycles. The number of anilines is 1. The van der Waals surface area contributed by atoms with Gasteiger partial charge in [0.15, 0.2) is 0 Å². The number of ether oxygens (including phenoxy) is 1. The molecule has 0 atom stereocenters. The largest absolute Gasteiger partial charge is 0.495 e. The molecule has 7 heteroatoms. The van der Waals surface area contributed by atoms with E-state index in [9.17, 15) is 13.2 Å². The molecule has 1 saturated heterocycles. The molecule has 0 spiro atoms. The third-order valence-corrected chi connectivity index (χ3v) is 6.12. The number of piperidine rings is 1. The van der Waals surface area contributed by atoms with Gasteiger partial charge < -0.3 is 9.64 Å². The summed E-state index contributed by atoms with van der Waals surface area (Å²) in [6.45, 7) is 2.54. The topological polar surface area (TPSA) is 75.7 Å². The van der Waals surface area contributed by atoms with Crippen LogP contribution in [0.2, 0.25) is 0 Å². The van der Waals surface area contributed by atoms with Crippen molar-refractivity contribution < 1.29 is 17.9 Å². The fourth-order valence-electron chi connectivity index (χ4n) is 3.15. The molecule has 0 unspecified atom stereocenters. The van der Waals surface area contributed by atoms with Crippen molar-refractivity contribution in [2.45, 2.75) is 31.1 Å². The minimum Gasteiger partial charge on any atom is -0.495 e. The highest BCUT2D eigenvalue weighted by Crippen LogP contribution is 2.24. The normalized spacial score (nSPS) is 14.3. The maximum Gasteiger partial charge on any atom is 0.245 e. The number of hydrogen-bond acceptors (Lipinski definition) is 4. The van der Waals surface area contributed by atoms with E-state index in [0.29, 0.717) is 12.2 Å². The first-order valence-corrected chi connectivity index (χ1v) is 10.9. The first kappa shape index (κ1) is 20.9. The number of nitrogens with zero attached hydrogens (tertiary/aromatic N) is 1. The van der Waals surface area contributed by atoms with Crippen molar-refractivity contribution in [1.29, 1.82) is 0 Å². The van der Waals surface area contributed by atoms with Crippen LogP contribution in [0.5, 0.6) is 5.75 Å². The molecule has 0 radical (unpaired) electrons. The number of sulfonamides is 1. The number of benzene rings is 2. The van der Waals surface area contributed by atoms with E-state index in [4.69, 9.17) is 4.74 Å². The zero-order valence-electron chi connectivity index (χ0n) is 16.6. The Kier molecular flexibility index (Phi) is 6.57. The predicted octanol–water partition coefficient (Wildman–Crippen LogP) is 2.85. The van der Waals surface area contributed by atoms with Crippen molar-refractivity contribution in [2.24, 2.45) is 0 Å². The van der Waals surface area contributed by atoms with Crippen LogP contribution in [0, 0.1) is 18.8 Å². The Hall–Kier alpha value is -2.82. The van der Waals surface area contributed by atoms with Gasteiger partial charge in [-0.15, -0.1) is 0 Å². The van der Waals surface area contributed by atoms with Gasteiger partial charge in [-0.05, 0) is 61.7 Å². The molecule has 0 saturated carbocycles. The molecule has 0 aromatic heterocycles. The Morgan fingerprint density at radius 1 is 1.14 bits per heavy atom. The van der Waals surface area contributed by atoms with Gasteiger partial charge in [0.25, 0.3) is 0 Å². The Bertz CT molecular complexity index is 1050. The summed E-state index contributed by atoms with van der Waals surface area (Å²) >= 11 is 0. The molecule has 0 aliphatic carbocycles. The molecule has 3 rings (SSSR count). The third-order valence-electron chi connectivity index (χ3n) is 4.69. The van der Waals surface area contributed by atoms with Crippen molar-refractivity contribution in [1.82, 2.24) is 4.72 Å². The number of amides is 1. The summed E-state index contributed by atoms with van der Waals surface area (Å²) in [4.78, 5) is 13.9. The SMILES string of the molecule is COc1ccc(C)cc1S(=O)(=O)NCC#Cc1ccc(N2CCCCC2=O)cc1. The van der Waals surface area contributed by atoms with E-state index in [1.165, 1.54) is 7.11 Å². The molecule has 1 heterocycles. The predicted molar refractivity (Wildman–Crippen MR) is 112 cm³/mol. The Labute approximate surface area is 171 Å². The van der Waals surface area contributed by atoms with Gasteiger partial charge in [-0.3, -0.25) is 4.79 Å². The number of aryl methyl sites for hydroxylation is 1. The van der Waals surface area contributed by atoms with E-state index in [0.717, 1.165) is 36.2 Å². The lowest BCUT2D eigenvalue weighted by molar-refractivity contribution is -0.119. The maximum absolute atomic E-state index is 12.5. The van der Waals surface area contributed by atoms with Gasteiger partial charge in [-0.1, -0.05) is 17.9 Å². The molecular formula is C22H24N2O4S. The van der Waals surface area contributed by atoms with Gasteiger partial charge >= 0.3 is 0 Å². The summed E-state index contributed by atoms with van der Waals surface area (Å²) in [6, 6.07) is 12.4. The van der Waals surface area contributed by atoms with Crippen molar-refractivity contribution in [3.8, 4) is 17.6 Å². The molecule has 29 heavy (non-hydrogen) atoms. The van der Waals surface area contributed by atoms with E-state index < -0.39 is 10.0 Å². The highest BCUT2D eigenvalue weighted by molar-refractivity contribution is 7.89. The van der Waals surface area contributed by atoms with Gasteiger partial charge in [0.05, 0.1) is 13.7 Å². The molecule has 1 fully saturated rings. The molecule has 1 amide bonds. The minimum absolute atomic E-state index is 0.0220. The van der Waals surface area contributed by atoms with Crippen LogP contribution >= 0.6 is 0 Å². The fraction of sp³-hybridized carbons (Fsp3) is 0.318. The van der Waals surface area contributed by atoms with Gasteiger partial charge in [-0.2, -0.15) is 4.72 Å². The lowest BCUT2D eigenvalue weighted by atomic mass is 10.1. The van der Waals surface area contributed by atoms with Crippen LogP contribution in [-0.4, -0.2) is 34.5 Å². The standard InChI is InChI=1S/C22H24N2O4S/c1-17-8-13-20(28-2)21(16-17)29(26,27)23-14-5-6-18-9-11-19(12-10-18)24-15-4-3-7-22(24)25/h8-13,16,23H,3-4,7,14-15H2,1-2H3. The van der Waals surface area contributed by atoms with Crippen molar-refractivity contribution in [2.75, 3.05) is 25.1 Å². The molecule has 1 aliphatic rings. The quantitative estimate of drug-likeness (QED) is 0.767. The fourth-order valence-corrected chi connectivity index (χ4v) is 4.33. The summed E-state index contributed by atoms with van der Waals surface area (Å²) in [7, 11) is -2.29. The Morgan fingerprint density at radius 3 is 2.59 bits per heavy atom. The first-order valence-electron chi connectivity index (χ1n) is 9.44. The molecule has 1 aliphatic heterocycles. The van der Waals surface area contributed by atoms with Crippen LogP contribution in [0.3, 0.4) is 0 Å². The van der Waals surface area contributed by atoms with Gasteiger partial charge in [-0.25, -0.2) is 8.42 Å². The van der Waals surface area contributed by atoms with Gasteiger partial charge in [0, 0.05) is 24.2 Å². The maximum atomic E-state index is 12.5. The van der Waals surface area contributed by atoms with Crippen LogP contribution in [0.15, 0.2) is 47.4 Å². The van der Waals surface area contributed by atoms with E-state index >= 15 is 0 Å². The minimum atomic E-state index is -3.73. The van der Waals surface area contributed by atoms with Crippen LogP contribution in [0.25, 0.3) is 0 Å². The summed E-state index contributed by atoms with van der Waals surface area (Å²) < 4.78 is 32.7. The molecular weight excluding hydrogens is 388 g/mol. The highest BCUT2D eigenvalue weighted by atomic mass is 32.2. The summed E-state index contributed by atoms with van der Waals surface area (Å²) in [6.07, 6.45) is 2.55. The van der Waals surface area contributed by atoms with Crippen LogP contribution in [0.4, 0.5) is 5.69 Å². The number of nitrogens with one attached hydrogen (secondary N) is 1. The van der Waals surface area contributed by atoms with Crippen molar-refractivity contribution >= 4 is 21.6 Å². The molecule has 1 N–H and O–H groups in total. The van der Waals surface area contributed by atoms with E-state index in [2.05, 4.69) is 16.6 Å². The number of carbonyl (C=O) groups is 1. The smallest absolute Gasteiger partial charge is 0.245 e. The molecule has 152 valence electrons. The van der Waals surface area contributed by atoms with E-state index in [1.807, 2.05) is 31.2 Å². The van der Waals surface area contributed by atoms with Gasteiger partial charge in [0.2, 0.25) is 15.9 Å². The van der Waals surface area contributed by atoms with Crippen LogP contribution in [-0.2, 0) is 14.8 Å². The second-order valence-corrected chi connectivity index (χ2v) is 8.57. The Balaban J connectivity index is 1.64. The monoisotopic (exact) mass is 412 g/mol. The zero-order chi connectivity index (χ0) is 20.9.